The molecule has 1 aliphatic heterocycles. The molecule has 1 aliphatic rings. The van der Waals surface area contributed by atoms with Crippen LogP contribution in [0.15, 0.2) is 0 Å². The normalized spacial score (nSPS) is 25.7. The first-order valence-corrected chi connectivity index (χ1v) is 6.57. The molecule has 7 heteroatoms. The number of aliphatic hydroxyl groups excluding tert-OH is 1. The first kappa shape index (κ1) is 15.9. The smallest absolute Gasteiger partial charge is 0.321 e. The summed E-state index contributed by atoms with van der Waals surface area (Å²) < 4.78 is 5.51. The second-order valence-corrected chi connectivity index (χ2v) is 4.73. The lowest BCUT2D eigenvalue weighted by molar-refractivity contribution is -0.134. The highest BCUT2D eigenvalue weighted by Gasteiger charge is 2.31. The molecule has 3 atom stereocenters. The fraction of sp³-hybridized carbons (Fsp3) is 0.833. The van der Waals surface area contributed by atoms with Gasteiger partial charge in [0.1, 0.15) is 0 Å². The van der Waals surface area contributed by atoms with Crippen LogP contribution in [0.4, 0.5) is 4.79 Å². The number of nitrogens with zero attached hydrogens (tertiary/aromatic N) is 1. The van der Waals surface area contributed by atoms with E-state index in [4.69, 9.17) is 9.84 Å². The van der Waals surface area contributed by atoms with Gasteiger partial charge in [0, 0.05) is 19.6 Å². The molecule has 110 valence electrons. The molecule has 1 fully saturated rings. The summed E-state index contributed by atoms with van der Waals surface area (Å²) in [7, 11) is 0. The van der Waals surface area contributed by atoms with E-state index in [0.29, 0.717) is 19.6 Å². The van der Waals surface area contributed by atoms with Crippen LogP contribution in [0.3, 0.4) is 0 Å². The van der Waals surface area contributed by atoms with Gasteiger partial charge in [-0.3, -0.25) is 15.0 Å². The van der Waals surface area contributed by atoms with Crippen molar-refractivity contribution < 1.29 is 19.4 Å². The quantitative estimate of drug-likeness (QED) is 0.630. The summed E-state index contributed by atoms with van der Waals surface area (Å²) in [5, 5.41) is 13.9. The number of carbonyl (C=O) groups is 2. The summed E-state index contributed by atoms with van der Waals surface area (Å²) in [5.74, 6) is -0.350. The van der Waals surface area contributed by atoms with Crippen LogP contribution in [0, 0.1) is 0 Å². The van der Waals surface area contributed by atoms with Crippen LogP contribution < -0.4 is 10.6 Å². The number of imide groups is 1. The Morgan fingerprint density at radius 2 is 2.16 bits per heavy atom. The molecule has 0 radical (unpaired) electrons. The van der Waals surface area contributed by atoms with Crippen LogP contribution >= 0.6 is 0 Å². The third kappa shape index (κ3) is 4.77. The van der Waals surface area contributed by atoms with E-state index in [1.807, 2.05) is 11.8 Å². The van der Waals surface area contributed by atoms with Gasteiger partial charge in [-0.1, -0.05) is 0 Å². The van der Waals surface area contributed by atoms with Crippen molar-refractivity contribution in [3.8, 4) is 0 Å². The van der Waals surface area contributed by atoms with Crippen LogP contribution in [-0.2, 0) is 9.53 Å². The van der Waals surface area contributed by atoms with Gasteiger partial charge in [-0.05, 0) is 20.8 Å². The molecule has 0 aromatic heterocycles. The third-order valence-corrected chi connectivity index (χ3v) is 3.06. The number of ether oxygens (including phenoxy) is 1. The highest BCUT2D eigenvalue weighted by atomic mass is 16.5. The molecule has 1 rings (SSSR count). The molecule has 0 aliphatic carbocycles. The van der Waals surface area contributed by atoms with E-state index in [1.165, 1.54) is 0 Å². The Morgan fingerprint density at radius 3 is 2.74 bits per heavy atom. The van der Waals surface area contributed by atoms with E-state index < -0.39 is 12.1 Å². The maximum absolute atomic E-state index is 11.9. The zero-order chi connectivity index (χ0) is 14.4. The molecular formula is C12H23N3O4. The van der Waals surface area contributed by atoms with Crippen molar-refractivity contribution >= 4 is 11.9 Å². The van der Waals surface area contributed by atoms with E-state index in [1.54, 1.807) is 13.8 Å². The van der Waals surface area contributed by atoms with Crippen molar-refractivity contribution in [3.63, 3.8) is 0 Å². The Kier molecular flexibility index (Phi) is 6.20. The lowest BCUT2D eigenvalue weighted by Crippen LogP contribution is -2.56. The Balaban J connectivity index is 2.53. The standard InChI is InChI=1S/C12H23N3O4/c1-4-13-12(18)14-11(17)9(3)15-5-8(2)19-10(6-15)7-16/h8-10,16H,4-7H2,1-3H3,(H2,13,14,17,18). The number of hydrogen-bond donors (Lipinski definition) is 3. The van der Waals surface area contributed by atoms with E-state index >= 15 is 0 Å². The summed E-state index contributed by atoms with van der Waals surface area (Å²) in [4.78, 5) is 25.1. The second kappa shape index (κ2) is 7.42. The lowest BCUT2D eigenvalue weighted by Gasteiger charge is -2.38. The molecule has 0 saturated carbocycles. The summed E-state index contributed by atoms with van der Waals surface area (Å²) in [6.07, 6.45) is -0.339. The average Bonchev–Trinajstić information content (AvgIpc) is 2.37. The Bertz CT molecular complexity index is 324. The van der Waals surface area contributed by atoms with E-state index in [9.17, 15) is 9.59 Å². The SMILES string of the molecule is CCNC(=O)NC(=O)C(C)N1CC(C)OC(CO)C1. The average molecular weight is 273 g/mol. The first-order chi connectivity index (χ1) is 8.97. The molecule has 0 bridgehead atoms. The number of nitrogens with one attached hydrogen (secondary N) is 2. The largest absolute Gasteiger partial charge is 0.394 e. The molecule has 19 heavy (non-hydrogen) atoms. The fourth-order valence-corrected chi connectivity index (χ4v) is 2.08. The van der Waals surface area contributed by atoms with Gasteiger partial charge in [-0.25, -0.2) is 4.79 Å². The molecule has 1 saturated heterocycles. The molecule has 0 aromatic rings. The van der Waals surface area contributed by atoms with Crippen LogP contribution in [0.5, 0.6) is 0 Å². The fourth-order valence-electron chi connectivity index (χ4n) is 2.08. The highest BCUT2D eigenvalue weighted by molar-refractivity contribution is 5.96. The molecule has 0 spiro atoms. The van der Waals surface area contributed by atoms with Gasteiger partial charge in [0.05, 0.1) is 24.9 Å². The highest BCUT2D eigenvalue weighted by Crippen LogP contribution is 2.13. The Morgan fingerprint density at radius 1 is 1.47 bits per heavy atom. The van der Waals surface area contributed by atoms with Crippen LogP contribution in [0.1, 0.15) is 20.8 Å². The summed E-state index contributed by atoms with van der Waals surface area (Å²) in [6.45, 7) is 6.87. The van der Waals surface area contributed by atoms with Crippen molar-refractivity contribution in [3.05, 3.63) is 0 Å². The minimum absolute atomic E-state index is 0.0504. The summed E-state index contributed by atoms with van der Waals surface area (Å²) in [5.41, 5.74) is 0. The molecule has 3 N–H and O–H groups in total. The van der Waals surface area contributed by atoms with E-state index in [2.05, 4.69) is 10.6 Å². The van der Waals surface area contributed by atoms with Crippen LogP contribution in [-0.4, -0.2) is 66.4 Å². The van der Waals surface area contributed by atoms with Crippen molar-refractivity contribution in [2.24, 2.45) is 0 Å². The van der Waals surface area contributed by atoms with Gasteiger partial charge in [-0.2, -0.15) is 0 Å². The number of carbonyl (C=O) groups excluding carboxylic acids is 2. The van der Waals surface area contributed by atoms with E-state index in [-0.39, 0.29) is 24.7 Å². The predicted molar refractivity (Wildman–Crippen MR) is 69.7 cm³/mol. The molecular weight excluding hydrogens is 250 g/mol. The third-order valence-electron chi connectivity index (χ3n) is 3.06. The first-order valence-electron chi connectivity index (χ1n) is 6.57. The van der Waals surface area contributed by atoms with E-state index in [0.717, 1.165) is 0 Å². The zero-order valence-corrected chi connectivity index (χ0v) is 11.7. The van der Waals surface area contributed by atoms with Crippen molar-refractivity contribution in [1.82, 2.24) is 15.5 Å². The molecule has 3 amide bonds. The van der Waals surface area contributed by atoms with Crippen molar-refractivity contribution in [2.45, 2.75) is 39.0 Å². The van der Waals surface area contributed by atoms with Gasteiger partial charge in [-0.15, -0.1) is 0 Å². The Hall–Kier alpha value is -1.18. The lowest BCUT2D eigenvalue weighted by atomic mass is 10.1. The summed E-state index contributed by atoms with van der Waals surface area (Å²) >= 11 is 0. The van der Waals surface area contributed by atoms with Crippen molar-refractivity contribution in [2.75, 3.05) is 26.2 Å². The monoisotopic (exact) mass is 273 g/mol. The number of rotatable bonds is 4. The molecule has 0 aromatic carbocycles. The number of urea groups is 1. The minimum Gasteiger partial charge on any atom is -0.394 e. The Labute approximate surface area is 113 Å². The molecule has 7 nitrogen and oxygen atoms in total. The topological polar surface area (TPSA) is 90.9 Å². The van der Waals surface area contributed by atoms with Gasteiger partial charge in [0.2, 0.25) is 5.91 Å². The van der Waals surface area contributed by atoms with Crippen LogP contribution in [0.25, 0.3) is 0 Å². The van der Waals surface area contributed by atoms with Gasteiger partial charge < -0.3 is 15.2 Å². The summed E-state index contributed by atoms with van der Waals surface area (Å²) in [6, 6.07) is -0.928. The molecule has 3 unspecified atom stereocenters. The van der Waals surface area contributed by atoms with Crippen LogP contribution in [0.2, 0.25) is 0 Å². The number of morpholine rings is 1. The minimum atomic E-state index is -0.487. The molecule has 1 heterocycles. The van der Waals surface area contributed by atoms with Crippen molar-refractivity contribution in [1.29, 1.82) is 0 Å². The predicted octanol–water partition coefficient (Wildman–Crippen LogP) is -0.698. The van der Waals surface area contributed by atoms with Gasteiger partial charge in [0.15, 0.2) is 0 Å². The van der Waals surface area contributed by atoms with Gasteiger partial charge in [0.25, 0.3) is 0 Å². The van der Waals surface area contributed by atoms with Gasteiger partial charge >= 0.3 is 6.03 Å². The number of amides is 3. The number of hydrogen-bond acceptors (Lipinski definition) is 5. The maximum Gasteiger partial charge on any atom is 0.321 e. The second-order valence-electron chi connectivity index (χ2n) is 4.73. The maximum atomic E-state index is 11.9. The zero-order valence-electron chi connectivity index (χ0n) is 11.7. The number of aliphatic hydroxyl groups is 1.